The number of Topliss-reactive ketones (excluding diaryl/α,β-unsaturated/α-hetero) is 1. The van der Waals surface area contributed by atoms with E-state index in [1.165, 1.54) is 23.8 Å². The van der Waals surface area contributed by atoms with Crippen molar-refractivity contribution in [1.82, 2.24) is 14.8 Å². The Bertz CT molecular complexity index is 791. The van der Waals surface area contributed by atoms with Gasteiger partial charge in [-0.25, -0.2) is 9.67 Å². The van der Waals surface area contributed by atoms with Crippen LogP contribution in [0.4, 0.5) is 0 Å². The van der Waals surface area contributed by atoms with Gasteiger partial charge in [-0.3, -0.25) is 9.59 Å². The molecule has 0 aliphatic carbocycles. The highest BCUT2D eigenvalue weighted by atomic mass is 35.5. The van der Waals surface area contributed by atoms with Crippen LogP contribution in [-0.2, 0) is 14.3 Å². The summed E-state index contributed by atoms with van der Waals surface area (Å²) in [6, 6.07) is 6.69. The maximum absolute atomic E-state index is 13.2. The largest absolute Gasteiger partial charge is 0.465 e. The summed E-state index contributed by atoms with van der Waals surface area (Å²) in [6.07, 6.45) is 7.32. The Morgan fingerprint density at radius 3 is 2.47 bits per heavy atom. The van der Waals surface area contributed by atoms with E-state index < -0.39 is 11.6 Å². The van der Waals surface area contributed by atoms with E-state index in [1.807, 2.05) is 0 Å². The number of ketones is 1. The number of hydrogen-bond donors (Lipinski definition) is 0. The fraction of sp³-hybridized carbons (Fsp3) is 0.545. The zero-order valence-electron chi connectivity index (χ0n) is 17.8. The molecule has 30 heavy (non-hydrogen) atoms. The second kappa shape index (κ2) is 11.7. The topological polar surface area (TPSA) is 83.3 Å². The average molecular weight is 436 g/mol. The molecular weight excluding hydrogens is 406 g/mol. The Labute approximate surface area is 182 Å². The summed E-state index contributed by atoms with van der Waals surface area (Å²) in [4.78, 5) is 29.2. The van der Waals surface area contributed by atoms with Gasteiger partial charge in [-0.05, 0) is 44.5 Å². The Morgan fingerprint density at radius 2 is 1.83 bits per heavy atom. The van der Waals surface area contributed by atoms with Gasteiger partial charge >= 0.3 is 5.97 Å². The molecule has 1 unspecified atom stereocenters. The molecule has 2 aromatic rings. The molecule has 2 rings (SSSR count). The maximum Gasteiger partial charge on any atom is 0.305 e. The molecule has 0 fully saturated rings. The lowest BCUT2D eigenvalue weighted by molar-refractivity contribution is -0.152. The molecule has 164 valence electrons. The van der Waals surface area contributed by atoms with Crippen LogP contribution in [0.25, 0.3) is 0 Å². The van der Waals surface area contributed by atoms with E-state index in [0.717, 1.165) is 25.7 Å². The third-order valence-electron chi connectivity index (χ3n) is 4.71. The molecule has 0 saturated carbocycles. The van der Waals surface area contributed by atoms with Gasteiger partial charge in [0, 0.05) is 11.4 Å². The number of unbranched alkanes of at least 4 members (excludes halogenated alkanes) is 4. The summed E-state index contributed by atoms with van der Waals surface area (Å²) < 4.78 is 12.6. The first-order valence-electron chi connectivity index (χ1n) is 10.3. The van der Waals surface area contributed by atoms with Crippen molar-refractivity contribution >= 4 is 23.4 Å². The van der Waals surface area contributed by atoms with E-state index in [0.29, 0.717) is 17.2 Å². The fourth-order valence-electron chi connectivity index (χ4n) is 2.82. The smallest absolute Gasteiger partial charge is 0.305 e. The van der Waals surface area contributed by atoms with Crippen molar-refractivity contribution in [3.8, 4) is 5.75 Å². The summed E-state index contributed by atoms with van der Waals surface area (Å²) in [7, 11) is 0. The predicted molar refractivity (Wildman–Crippen MR) is 114 cm³/mol. The molecule has 0 amide bonds. The third-order valence-corrected chi connectivity index (χ3v) is 4.96. The number of ether oxygens (including phenoxy) is 2. The van der Waals surface area contributed by atoms with Gasteiger partial charge < -0.3 is 9.47 Å². The Balaban J connectivity index is 1.97. The van der Waals surface area contributed by atoms with Crippen LogP contribution in [0.1, 0.15) is 65.5 Å². The zero-order chi connectivity index (χ0) is 22.0. The molecule has 1 heterocycles. The lowest BCUT2D eigenvalue weighted by Gasteiger charge is -2.28. The number of carbonyl (C=O) groups excluding carboxylic acids is 2. The number of hydrogen-bond acceptors (Lipinski definition) is 6. The lowest BCUT2D eigenvalue weighted by atomic mass is 9.88. The predicted octanol–water partition coefficient (Wildman–Crippen LogP) is 5.01. The summed E-state index contributed by atoms with van der Waals surface area (Å²) in [5.41, 5.74) is -0.971. The molecule has 0 saturated heterocycles. The molecule has 1 aromatic heterocycles. The fourth-order valence-corrected chi connectivity index (χ4v) is 2.95. The van der Waals surface area contributed by atoms with E-state index in [-0.39, 0.29) is 18.4 Å². The number of esters is 1. The van der Waals surface area contributed by atoms with Crippen molar-refractivity contribution in [3.63, 3.8) is 0 Å². The van der Waals surface area contributed by atoms with E-state index in [2.05, 4.69) is 17.0 Å². The van der Waals surface area contributed by atoms with Gasteiger partial charge in [0.15, 0.2) is 0 Å². The number of aromatic nitrogens is 3. The van der Waals surface area contributed by atoms with Crippen LogP contribution >= 0.6 is 11.6 Å². The van der Waals surface area contributed by atoms with Gasteiger partial charge in [0.05, 0.1) is 5.41 Å². The van der Waals surface area contributed by atoms with Gasteiger partial charge in [0.1, 0.15) is 25.0 Å². The molecule has 0 radical (unpaired) electrons. The van der Waals surface area contributed by atoms with Crippen LogP contribution in [0, 0.1) is 5.41 Å². The van der Waals surface area contributed by atoms with Crippen molar-refractivity contribution in [1.29, 1.82) is 0 Å². The van der Waals surface area contributed by atoms with Gasteiger partial charge in [-0.15, -0.1) is 0 Å². The van der Waals surface area contributed by atoms with Crippen LogP contribution < -0.4 is 4.74 Å². The average Bonchev–Trinajstić information content (AvgIpc) is 3.26. The van der Waals surface area contributed by atoms with Crippen molar-refractivity contribution in [2.45, 2.75) is 65.5 Å². The minimum atomic E-state index is -1.04. The van der Waals surface area contributed by atoms with E-state index >= 15 is 0 Å². The summed E-state index contributed by atoms with van der Waals surface area (Å²) in [6.45, 7) is 5.56. The van der Waals surface area contributed by atoms with Crippen molar-refractivity contribution in [2.24, 2.45) is 5.41 Å². The zero-order valence-corrected chi connectivity index (χ0v) is 18.6. The van der Waals surface area contributed by atoms with Crippen molar-refractivity contribution < 1.29 is 19.1 Å². The van der Waals surface area contributed by atoms with Crippen molar-refractivity contribution in [3.05, 3.63) is 41.9 Å². The second-order valence-corrected chi connectivity index (χ2v) is 8.31. The molecular formula is C22H30ClN3O4. The molecule has 0 spiro atoms. The first kappa shape index (κ1) is 23.9. The van der Waals surface area contributed by atoms with Gasteiger partial charge in [-0.1, -0.05) is 44.2 Å². The second-order valence-electron chi connectivity index (χ2n) is 7.87. The molecule has 0 aliphatic rings. The SMILES string of the molecule is CCCCCCCC(=O)OCC(C)(C)C(=O)C(Oc1ccc(Cl)cc1)n1cncn1. The number of benzene rings is 1. The normalized spacial score (nSPS) is 12.4. The monoisotopic (exact) mass is 435 g/mol. The van der Waals surface area contributed by atoms with Gasteiger partial charge in [0.25, 0.3) is 6.23 Å². The van der Waals surface area contributed by atoms with Gasteiger partial charge in [0.2, 0.25) is 5.78 Å². The number of carbonyl (C=O) groups is 2. The molecule has 8 heteroatoms. The number of nitrogens with zero attached hydrogens (tertiary/aromatic N) is 3. The van der Waals surface area contributed by atoms with Crippen LogP contribution in [0.3, 0.4) is 0 Å². The Hall–Kier alpha value is -2.41. The number of rotatable bonds is 13. The van der Waals surface area contributed by atoms with E-state index in [4.69, 9.17) is 21.1 Å². The van der Waals surface area contributed by atoms with E-state index in [9.17, 15) is 9.59 Å². The first-order chi connectivity index (χ1) is 14.3. The maximum atomic E-state index is 13.2. The minimum absolute atomic E-state index is 0.0329. The highest BCUT2D eigenvalue weighted by Crippen LogP contribution is 2.28. The lowest BCUT2D eigenvalue weighted by Crippen LogP contribution is -2.39. The van der Waals surface area contributed by atoms with Crippen LogP contribution in [-0.4, -0.2) is 33.1 Å². The molecule has 0 bridgehead atoms. The van der Waals surface area contributed by atoms with E-state index in [1.54, 1.807) is 38.1 Å². The quantitative estimate of drug-likeness (QED) is 0.325. The van der Waals surface area contributed by atoms with Crippen LogP contribution in [0.2, 0.25) is 5.02 Å². The van der Waals surface area contributed by atoms with Crippen LogP contribution in [0.5, 0.6) is 5.75 Å². The highest BCUT2D eigenvalue weighted by Gasteiger charge is 2.38. The molecule has 1 atom stereocenters. The molecule has 1 aromatic carbocycles. The van der Waals surface area contributed by atoms with Crippen LogP contribution in [0.15, 0.2) is 36.9 Å². The Kier molecular flexibility index (Phi) is 9.30. The molecule has 0 aliphatic heterocycles. The summed E-state index contributed by atoms with van der Waals surface area (Å²) >= 11 is 5.92. The minimum Gasteiger partial charge on any atom is -0.465 e. The summed E-state index contributed by atoms with van der Waals surface area (Å²) in [5.74, 6) is -0.102. The molecule has 0 N–H and O–H groups in total. The standard InChI is InChI=1S/C22H30ClN3O4/c1-4-5-6-7-8-9-19(27)29-14-22(2,3)20(28)21(26-16-24-15-25-26)30-18-12-10-17(23)11-13-18/h10-13,15-16,21H,4-9,14H2,1-3H3. The summed E-state index contributed by atoms with van der Waals surface area (Å²) in [5, 5.41) is 4.61. The van der Waals surface area contributed by atoms with Gasteiger partial charge in [-0.2, -0.15) is 5.10 Å². The molecule has 7 nitrogen and oxygen atoms in total. The highest BCUT2D eigenvalue weighted by molar-refractivity contribution is 6.30. The Morgan fingerprint density at radius 1 is 1.13 bits per heavy atom. The first-order valence-corrected chi connectivity index (χ1v) is 10.7. The third kappa shape index (κ3) is 7.44. The van der Waals surface area contributed by atoms with Crippen molar-refractivity contribution in [2.75, 3.05) is 6.61 Å². The number of halogens is 1.